The van der Waals surface area contributed by atoms with Crippen LogP contribution in [0.3, 0.4) is 0 Å². The molecular formula is C13H12Cl3FN4OS. The van der Waals surface area contributed by atoms with Crippen molar-refractivity contribution in [3.8, 4) is 11.8 Å². The van der Waals surface area contributed by atoms with Crippen LogP contribution in [0.5, 0.6) is 5.75 Å². The molecule has 0 spiro atoms. The fourth-order valence-corrected chi connectivity index (χ4v) is 2.87. The van der Waals surface area contributed by atoms with Crippen LogP contribution in [0.15, 0.2) is 17.5 Å². The van der Waals surface area contributed by atoms with E-state index in [0.717, 1.165) is 6.07 Å². The summed E-state index contributed by atoms with van der Waals surface area (Å²) in [5, 5.41) is 14.4. The quantitative estimate of drug-likeness (QED) is 0.831. The molecule has 0 atom stereocenters. The molecule has 1 saturated heterocycles. The van der Waals surface area contributed by atoms with Gasteiger partial charge in [0.25, 0.3) is 0 Å². The third-order valence-corrected chi connectivity index (χ3v) is 4.22. The normalized spacial score (nSPS) is 14.7. The molecule has 0 aliphatic carbocycles. The molecule has 5 nitrogen and oxygen atoms in total. The third kappa shape index (κ3) is 3.62. The first-order chi connectivity index (χ1) is 10.0. The summed E-state index contributed by atoms with van der Waals surface area (Å²) in [4.78, 5) is 4.24. The summed E-state index contributed by atoms with van der Waals surface area (Å²) in [6.07, 6.45) is 0. The maximum atomic E-state index is 13.4. The lowest BCUT2D eigenvalue weighted by Gasteiger charge is -2.41. The van der Waals surface area contributed by atoms with E-state index in [2.05, 4.69) is 10.3 Å². The van der Waals surface area contributed by atoms with Crippen molar-refractivity contribution in [3.63, 3.8) is 0 Å². The van der Waals surface area contributed by atoms with Crippen molar-refractivity contribution >= 4 is 52.9 Å². The second kappa shape index (κ2) is 7.51. The minimum atomic E-state index is -0.707. The first-order valence-electron chi connectivity index (χ1n) is 6.04. The lowest BCUT2D eigenvalue weighted by Crippen LogP contribution is -2.60. The molecule has 3 N–H and O–H groups in total. The Bertz CT molecular complexity index is 745. The molecule has 1 aliphatic rings. The first-order valence-corrected chi connectivity index (χ1v) is 7.30. The number of aromatic nitrogens is 1. The van der Waals surface area contributed by atoms with Crippen molar-refractivity contribution in [2.24, 2.45) is 0 Å². The van der Waals surface area contributed by atoms with Crippen LogP contribution in [0.1, 0.15) is 11.3 Å². The number of thiazole rings is 1. The van der Waals surface area contributed by atoms with Gasteiger partial charge in [0.15, 0.2) is 10.7 Å². The highest BCUT2D eigenvalue weighted by molar-refractivity contribution is 7.13. The number of nitrogen functional groups attached to an aromatic ring is 1. The highest BCUT2D eigenvalue weighted by Gasteiger charge is 2.44. The molecule has 0 bridgehead atoms. The van der Waals surface area contributed by atoms with Crippen LogP contribution in [0.2, 0.25) is 5.02 Å². The highest BCUT2D eigenvalue weighted by Crippen LogP contribution is 2.36. The van der Waals surface area contributed by atoms with Crippen molar-refractivity contribution in [1.82, 2.24) is 10.3 Å². The Hall–Kier alpha value is -1.30. The smallest absolute Gasteiger partial charge is 0.180 e. The van der Waals surface area contributed by atoms with Crippen LogP contribution in [0, 0.1) is 17.1 Å². The molecular weight excluding hydrogens is 386 g/mol. The molecule has 2 aromatic rings. The zero-order valence-corrected chi connectivity index (χ0v) is 14.7. The minimum absolute atomic E-state index is 0. The van der Waals surface area contributed by atoms with Crippen molar-refractivity contribution in [2.45, 2.75) is 5.60 Å². The zero-order chi connectivity index (χ0) is 15.0. The predicted molar refractivity (Wildman–Crippen MR) is 92.3 cm³/mol. The van der Waals surface area contributed by atoms with Gasteiger partial charge in [0.1, 0.15) is 17.6 Å². The predicted octanol–water partition coefficient (Wildman–Crippen LogP) is 3.11. The molecule has 1 aromatic heterocycles. The first kappa shape index (κ1) is 19.7. The molecule has 3 rings (SSSR count). The van der Waals surface area contributed by atoms with Gasteiger partial charge in [0.05, 0.1) is 16.3 Å². The van der Waals surface area contributed by atoms with E-state index in [9.17, 15) is 4.39 Å². The van der Waals surface area contributed by atoms with Crippen molar-refractivity contribution in [1.29, 1.82) is 5.26 Å². The number of halogens is 4. The van der Waals surface area contributed by atoms with Gasteiger partial charge in [0.2, 0.25) is 0 Å². The molecule has 0 radical (unpaired) electrons. The zero-order valence-electron chi connectivity index (χ0n) is 11.5. The number of benzene rings is 1. The molecule has 1 aliphatic heterocycles. The van der Waals surface area contributed by atoms with Gasteiger partial charge in [0, 0.05) is 24.5 Å². The fraction of sp³-hybridized carbons (Fsp3) is 0.231. The number of nitrogens with one attached hydrogen (secondary N) is 1. The average molecular weight is 398 g/mol. The Kier molecular flexibility index (Phi) is 6.45. The molecule has 1 aromatic carbocycles. The Morgan fingerprint density at radius 1 is 1.43 bits per heavy atom. The fourth-order valence-electron chi connectivity index (χ4n) is 2.07. The average Bonchev–Trinajstić information content (AvgIpc) is 2.84. The maximum Gasteiger partial charge on any atom is 0.180 e. The Morgan fingerprint density at radius 2 is 2.13 bits per heavy atom. The molecule has 0 unspecified atom stereocenters. The van der Waals surface area contributed by atoms with Crippen LogP contribution in [0.25, 0.3) is 0 Å². The summed E-state index contributed by atoms with van der Waals surface area (Å²) in [6, 6.07) is 4.28. The highest BCUT2D eigenvalue weighted by atomic mass is 35.5. The number of nitrogens with two attached hydrogens (primary N) is 1. The van der Waals surface area contributed by atoms with Gasteiger partial charge in [-0.2, -0.15) is 5.26 Å². The summed E-state index contributed by atoms with van der Waals surface area (Å²) in [5.74, 6) is -0.420. The van der Waals surface area contributed by atoms with Crippen LogP contribution in [-0.2, 0) is 5.60 Å². The summed E-state index contributed by atoms with van der Waals surface area (Å²) < 4.78 is 19.4. The molecule has 124 valence electrons. The maximum absolute atomic E-state index is 13.4. The SMILES string of the molecule is Cl.Cl.N#Cc1cc(F)c(Cl)cc1OC1(c2csc(N)n2)CNC1. The van der Waals surface area contributed by atoms with Crippen molar-refractivity contribution in [2.75, 3.05) is 18.8 Å². The number of hydrogen-bond acceptors (Lipinski definition) is 6. The summed E-state index contributed by atoms with van der Waals surface area (Å²) in [7, 11) is 0. The number of nitrogens with zero attached hydrogens (tertiary/aromatic N) is 2. The molecule has 10 heteroatoms. The van der Waals surface area contributed by atoms with E-state index in [1.807, 2.05) is 11.4 Å². The number of rotatable bonds is 3. The number of anilines is 1. The van der Waals surface area contributed by atoms with Gasteiger partial charge in [-0.05, 0) is 6.07 Å². The Labute approximate surface area is 153 Å². The van der Waals surface area contributed by atoms with Crippen LogP contribution < -0.4 is 15.8 Å². The summed E-state index contributed by atoms with van der Waals surface area (Å²) in [5.41, 5.74) is 5.73. The second-order valence-electron chi connectivity index (χ2n) is 4.65. The van der Waals surface area contributed by atoms with Gasteiger partial charge in [-0.25, -0.2) is 9.37 Å². The molecule has 23 heavy (non-hydrogen) atoms. The second-order valence-corrected chi connectivity index (χ2v) is 5.94. The molecule has 0 saturated carbocycles. The van der Waals surface area contributed by atoms with Crippen LogP contribution in [0.4, 0.5) is 9.52 Å². The monoisotopic (exact) mass is 396 g/mol. The molecule has 1 fully saturated rings. The van der Waals surface area contributed by atoms with Gasteiger partial charge in [-0.1, -0.05) is 11.6 Å². The van der Waals surface area contributed by atoms with E-state index in [0.29, 0.717) is 23.9 Å². The van der Waals surface area contributed by atoms with Gasteiger partial charge < -0.3 is 15.8 Å². The van der Waals surface area contributed by atoms with E-state index in [1.54, 1.807) is 0 Å². The third-order valence-electron chi connectivity index (χ3n) is 3.26. The van der Waals surface area contributed by atoms with Crippen LogP contribution in [-0.4, -0.2) is 18.1 Å². The summed E-state index contributed by atoms with van der Waals surface area (Å²) >= 11 is 7.08. The molecule has 0 amide bonds. The van der Waals surface area contributed by atoms with Gasteiger partial charge >= 0.3 is 0 Å². The van der Waals surface area contributed by atoms with E-state index < -0.39 is 11.4 Å². The van der Waals surface area contributed by atoms with E-state index >= 15 is 0 Å². The largest absolute Gasteiger partial charge is 0.477 e. The van der Waals surface area contributed by atoms with Gasteiger partial charge in [-0.3, -0.25) is 0 Å². The Balaban J connectivity index is 0.00000132. The molecule has 2 heterocycles. The lowest BCUT2D eigenvalue weighted by atomic mass is 9.93. The van der Waals surface area contributed by atoms with E-state index in [1.165, 1.54) is 17.4 Å². The Morgan fingerprint density at radius 3 is 2.61 bits per heavy atom. The lowest BCUT2D eigenvalue weighted by molar-refractivity contribution is 0.00844. The number of hydrogen-bond donors (Lipinski definition) is 2. The number of ether oxygens (including phenoxy) is 1. The number of nitriles is 1. The van der Waals surface area contributed by atoms with Gasteiger partial charge in [-0.15, -0.1) is 36.2 Å². The van der Waals surface area contributed by atoms with E-state index in [4.69, 9.17) is 27.3 Å². The summed E-state index contributed by atoms with van der Waals surface area (Å²) in [6.45, 7) is 1.05. The van der Waals surface area contributed by atoms with E-state index in [-0.39, 0.29) is 41.1 Å². The van der Waals surface area contributed by atoms with Crippen LogP contribution >= 0.6 is 47.8 Å². The minimum Gasteiger partial charge on any atom is -0.477 e. The topological polar surface area (TPSA) is 84.0 Å². The van der Waals surface area contributed by atoms with Crippen molar-refractivity contribution < 1.29 is 9.13 Å². The standard InChI is InChI=1S/C13H10ClFN4OS.2ClH/c14-8-2-10(7(3-16)1-9(8)15)20-13(5-18-6-13)11-4-21-12(17)19-11;;/h1-2,4,18H,5-6H2,(H2,17,19);2*1H. The van der Waals surface area contributed by atoms with Crippen molar-refractivity contribution in [3.05, 3.63) is 39.6 Å².